The molecule has 0 unspecified atom stereocenters. The number of rotatable bonds is 5. The molecule has 2 aromatic rings. The van der Waals surface area contributed by atoms with Crippen LogP contribution in [0, 0.1) is 0 Å². The topological polar surface area (TPSA) is 72.5 Å². The Morgan fingerprint density at radius 2 is 1.83 bits per heavy atom. The molecule has 23 heavy (non-hydrogen) atoms. The molecule has 0 aliphatic rings. The number of urea groups is 1. The van der Waals surface area contributed by atoms with Crippen molar-refractivity contribution >= 4 is 11.8 Å². The summed E-state index contributed by atoms with van der Waals surface area (Å²) in [6.45, 7) is 3.82. The van der Waals surface area contributed by atoms with Crippen molar-refractivity contribution in [2.75, 3.05) is 19.5 Å². The molecule has 0 aliphatic carbocycles. The van der Waals surface area contributed by atoms with Crippen LogP contribution in [0.1, 0.15) is 19.4 Å². The first kappa shape index (κ1) is 16.6. The van der Waals surface area contributed by atoms with Gasteiger partial charge in [0, 0.05) is 6.20 Å². The molecule has 0 saturated carbocycles. The molecular weight excluding hydrogens is 294 g/mol. The van der Waals surface area contributed by atoms with Crippen LogP contribution in [-0.4, -0.2) is 25.2 Å². The Morgan fingerprint density at radius 1 is 1.09 bits per heavy atom. The summed E-state index contributed by atoms with van der Waals surface area (Å²) in [6, 6.07) is 10.5. The highest BCUT2D eigenvalue weighted by atomic mass is 16.5. The summed E-state index contributed by atoms with van der Waals surface area (Å²) >= 11 is 0. The van der Waals surface area contributed by atoms with Crippen LogP contribution in [0.3, 0.4) is 0 Å². The highest BCUT2D eigenvalue weighted by Gasteiger charge is 2.24. The third kappa shape index (κ3) is 4.12. The molecule has 0 spiro atoms. The normalized spacial score (nSPS) is 10.8. The Bertz CT molecular complexity index is 672. The highest BCUT2D eigenvalue weighted by molar-refractivity contribution is 5.88. The molecule has 1 aromatic heterocycles. The summed E-state index contributed by atoms with van der Waals surface area (Å²) in [5.74, 6) is 1.75. The van der Waals surface area contributed by atoms with E-state index in [2.05, 4.69) is 15.6 Å². The van der Waals surface area contributed by atoms with Crippen molar-refractivity contribution in [3.63, 3.8) is 0 Å². The summed E-state index contributed by atoms with van der Waals surface area (Å²) in [4.78, 5) is 16.2. The molecule has 0 fully saturated rings. The minimum atomic E-state index is -0.599. The van der Waals surface area contributed by atoms with Crippen molar-refractivity contribution in [3.8, 4) is 11.5 Å². The lowest BCUT2D eigenvalue weighted by molar-refractivity contribution is 0.241. The largest absolute Gasteiger partial charge is 0.493 e. The summed E-state index contributed by atoms with van der Waals surface area (Å²) in [5, 5.41) is 5.63. The summed E-state index contributed by atoms with van der Waals surface area (Å²) in [5.41, 5.74) is 0.296. The zero-order valence-electron chi connectivity index (χ0n) is 13.7. The van der Waals surface area contributed by atoms with Gasteiger partial charge in [-0.25, -0.2) is 9.78 Å². The van der Waals surface area contributed by atoms with Gasteiger partial charge in [-0.2, -0.15) is 0 Å². The minimum Gasteiger partial charge on any atom is -0.493 e. The number of nitrogens with one attached hydrogen (secondary N) is 2. The molecule has 122 valence electrons. The zero-order valence-corrected chi connectivity index (χ0v) is 13.7. The lowest BCUT2D eigenvalue weighted by atomic mass is 9.94. The van der Waals surface area contributed by atoms with Crippen molar-refractivity contribution in [2.24, 2.45) is 0 Å². The van der Waals surface area contributed by atoms with Crippen molar-refractivity contribution in [3.05, 3.63) is 48.2 Å². The predicted molar refractivity (Wildman–Crippen MR) is 89.0 cm³/mol. The van der Waals surface area contributed by atoms with Crippen LogP contribution in [0.25, 0.3) is 0 Å². The number of carbonyl (C=O) groups is 1. The van der Waals surface area contributed by atoms with Crippen LogP contribution < -0.4 is 20.1 Å². The Hall–Kier alpha value is -2.76. The number of hydrogen-bond acceptors (Lipinski definition) is 4. The van der Waals surface area contributed by atoms with Crippen LogP contribution in [0.2, 0.25) is 0 Å². The second-order valence-electron chi connectivity index (χ2n) is 5.49. The number of aromatic nitrogens is 1. The van der Waals surface area contributed by atoms with Gasteiger partial charge >= 0.3 is 6.03 Å². The third-order valence-corrected chi connectivity index (χ3v) is 3.44. The third-order valence-electron chi connectivity index (χ3n) is 3.44. The number of methoxy groups -OCH3 is 2. The monoisotopic (exact) mass is 315 g/mol. The number of nitrogens with zero attached hydrogens (tertiary/aromatic N) is 1. The Labute approximate surface area is 135 Å². The van der Waals surface area contributed by atoms with Gasteiger partial charge in [-0.15, -0.1) is 0 Å². The maximum atomic E-state index is 12.2. The molecule has 2 N–H and O–H groups in total. The molecule has 6 heteroatoms. The Balaban J connectivity index is 2.13. The molecular formula is C17H21N3O3. The number of amides is 2. The van der Waals surface area contributed by atoms with E-state index in [0.717, 1.165) is 5.56 Å². The van der Waals surface area contributed by atoms with Crippen molar-refractivity contribution in [2.45, 2.75) is 19.4 Å². The van der Waals surface area contributed by atoms with Crippen LogP contribution in [-0.2, 0) is 5.54 Å². The molecule has 0 saturated heterocycles. The van der Waals surface area contributed by atoms with E-state index in [1.165, 1.54) is 0 Å². The fraction of sp³-hybridized carbons (Fsp3) is 0.294. The number of anilines is 1. The number of benzene rings is 1. The predicted octanol–water partition coefficient (Wildman–Crippen LogP) is 3.16. The maximum absolute atomic E-state index is 12.2. The van der Waals surface area contributed by atoms with E-state index in [9.17, 15) is 4.79 Å². The summed E-state index contributed by atoms with van der Waals surface area (Å²) in [6.07, 6.45) is 1.62. The molecule has 2 amide bonds. The molecule has 2 rings (SSSR count). The van der Waals surface area contributed by atoms with Crippen LogP contribution in [0.5, 0.6) is 11.5 Å². The average molecular weight is 315 g/mol. The SMILES string of the molecule is COc1ccc(C(C)(C)NC(=O)Nc2ccccn2)cc1OC. The van der Waals surface area contributed by atoms with Crippen molar-refractivity contribution in [1.82, 2.24) is 10.3 Å². The average Bonchev–Trinajstić information content (AvgIpc) is 2.54. The van der Waals surface area contributed by atoms with Gasteiger partial charge in [-0.05, 0) is 43.7 Å². The van der Waals surface area contributed by atoms with E-state index < -0.39 is 5.54 Å². The summed E-state index contributed by atoms with van der Waals surface area (Å²) < 4.78 is 10.5. The lowest BCUT2D eigenvalue weighted by Crippen LogP contribution is -2.43. The molecule has 0 radical (unpaired) electrons. The zero-order chi connectivity index (χ0) is 16.9. The smallest absolute Gasteiger partial charge is 0.321 e. The fourth-order valence-corrected chi connectivity index (χ4v) is 2.17. The second kappa shape index (κ2) is 7.00. The molecule has 0 bridgehead atoms. The van der Waals surface area contributed by atoms with E-state index in [1.807, 2.05) is 38.1 Å². The van der Waals surface area contributed by atoms with Gasteiger partial charge in [0.15, 0.2) is 11.5 Å². The summed E-state index contributed by atoms with van der Waals surface area (Å²) in [7, 11) is 3.16. The number of hydrogen-bond donors (Lipinski definition) is 2. The van der Waals surface area contributed by atoms with Crippen molar-refractivity contribution in [1.29, 1.82) is 0 Å². The fourth-order valence-electron chi connectivity index (χ4n) is 2.17. The number of carbonyl (C=O) groups excluding carboxylic acids is 1. The number of pyridine rings is 1. The first-order chi connectivity index (χ1) is 11.0. The lowest BCUT2D eigenvalue weighted by Gasteiger charge is -2.27. The molecule has 0 atom stereocenters. The highest BCUT2D eigenvalue weighted by Crippen LogP contribution is 2.32. The van der Waals surface area contributed by atoms with Gasteiger partial charge in [0.05, 0.1) is 19.8 Å². The van der Waals surface area contributed by atoms with Gasteiger partial charge < -0.3 is 14.8 Å². The van der Waals surface area contributed by atoms with Gasteiger partial charge in [0.2, 0.25) is 0 Å². The molecule has 6 nitrogen and oxygen atoms in total. The van der Waals surface area contributed by atoms with E-state index in [4.69, 9.17) is 9.47 Å². The molecule has 0 aliphatic heterocycles. The minimum absolute atomic E-state index is 0.330. The van der Waals surface area contributed by atoms with Gasteiger partial charge in [-0.1, -0.05) is 12.1 Å². The standard InChI is InChI=1S/C17H21N3O3/c1-17(2,12-8-9-13(22-3)14(11-12)23-4)20-16(21)19-15-7-5-6-10-18-15/h5-11H,1-4H3,(H2,18,19,20,21). The van der Waals surface area contributed by atoms with Crippen LogP contribution >= 0.6 is 0 Å². The Morgan fingerprint density at radius 3 is 2.43 bits per heavy atom. The van der Waals surface area contributed by atoms with Crippen LogP contribution in [0.4, 0.5) is 10.6 Å². The first-order valence-corrected chi connectivity index (χ1v) is 7.19. The van der Waals surface area contributed by atoms with Gasteiger partial charge in [0.1, 0.15) is 5.82 Å². The van der Waals surface area contributed by atoms with E-state index >= 15 is 0 Å². The second-order valence-corrected chi connectivity index (χ2v) is 5.49. The van der Waals surface area contributed by atoms with E-state index in [0.29, 0.717) is 17.3 Å². The number of ether oxygens (including phenoxy) is 2. The molecule has 1 heterocycles. The van der Waals surface area contributed by atoms with E-state index in [-0.39, 0.29) is 6.03 Å². The van der Waals surface area contributed by atoms with Gasteiger partial charge in [0.25, 0.3) is 0 Å². The first-order valence-electron chi connectivity index (χ1n) is 7.19. The van der Waals surface area contributed by atoms with Crippen molar-refractivity contribution < 1.29 is 14.3 Å². The quantitative estimate of drug-likeness (QED) is 0.889. The Kier molecular flexibility index (Phi) is 5.05. The molecule has 1 aromatic carbocycles. The van der Waals surface area contributed by atoms with E-state index in [1.54, 1.807) is 32.5 Å². The maximum Gasteiger partial charge on any atom is 0.321 e. The van der Waals surface area contributed by atoms with Gasteiger partial charge in [-0.3, -0.25) is 5.32 Å². The van der Waals surface area contributed by atoms with Crippen LogP contribution in [0.15, 0.2) is 42.6 Å².